The second kappa shape index (κ2) is 4.37. The van der Waals surface area contributed by atoms with Crippen LogP contribution in [0.1, 0.15) is 17.2 Å². The van der Waals surface area contributed by atoms with E-state index in [2.05, 4.69) is 15.6 Å². The smallest absolute Gasteiger partial charge is 0.327 e. The standard InChI is InChI=1S/C13H12N4O3/c1-17-10-8(11(18)16-13(17)20)9(14-12(19)15-10)7-5-3-2-4-6-7/h2-6,9H,1H3,(H2,14,15,19)(H,16,18,20)/t9-/m1/s1. The number of carbonyl (C=O) groups is 1. The molecule has 2 amide bonds. The van der Waals surface area contributed by atoms with Gasteiger partial charge in [0, 0.05) is 7.05 Å². The summed E-state index contributed by atoms with van der Waals surface area (Å²) in [4.78, 5) is 37.6. The highest BCUT2D eigenvalue weighted by Crippen LogP contribution is 2.27. The van der Waals surface area contributed by atoms with Crippen molar-refractivity contribution in [2.24, 2.45) is 7.05 Å². The lowest BCUT2D eigenvalue weighted by molar-refractivity contribution is 0.248. The first-order valence-corrected chi connectivity index (χ1v) is 6.03. The zero-order valence-corrected chi connectivity index (χ0v) is 10.6. The van der Waals surface area contributed by atoms with Crippen LogP contribution in [-0.4, -0.2) is 15.6 Å². The summed E-state index contributed by atoms with van der Waals surface area (Å²) >= 11 is 0. The molecule has 0 spiro atoms. The van der Waals surface area contributed by atoms with Crippen LogP contribution in [-0.2, 0) is 7.05 Å². The molecule has 0 bridgehead atoms. The molecule has 0 saturated heterocycles. The summed E-state index contributed by atoms with van der Waals surface area (Å²) in [6.45, 7) is 0. The number of amides is 2. The Morgan fingerprint density at radius 3 is 2.50 bits per heavy atom. The van der Waals surface area contributed by atoms with Gasteiger partial charge in [-0.15, -0.1) is 0 Å². The van der Waals surface area contributed by atoms with Crippen LogP contribution in [0.2, 0.25) is 0 Å². The minimum Gasteiger partial charge on any atom is -0.327 e. The quantitative estimate of drug-likeness (QED) is 0.696. The second-order valence-corrected chi connectivity index (χ2v) is 4.52. The Morgan fingerprint density at radius 1 is 1.10 bits per heavy atom. The van der Waals surface area contributed by atoms with Gasteiger partial charge in [0.15, 0.2) is 0 Å². The highest BCUT2D eigenvalue weighted by molar-refractivity contribution is 5.92. The van der Waals surface area contributed by atoms with Gasteiger partial charge >= 0.3 is 11.7 Å². The summed E-state index contributed by atoms with van der Waals surface area (Å²) in [6, 6.07) is 8.06. The molecule has 2 aromatic rings. The van der Waals surface area contributed by atoms with Crippen molar-refractivity contribution in [2.45, 2.75) is 6.04 Å². The molecule has 1 aromatic carbocycles. The molecular formula is C13H12N4O3. The van der Waals surface area contributed by atoms with Crippen LogP contribution >= 0.6 is 0 Å². The summed E-state index contributed by atoms with van der Waals surface area (Å²) < 4.78 is 1.21. The number of H-pyrrole nitrogens is 1. The fourth-order valence-corrected chi connectivity index (χ4v) is 2.30. The van der Waals surface area contributed by atoms with Crippen molar-refractivity contribution in [3.05, 3.63) is 62.3 Å². The first kappa shape index (κ1) is 12.2. The summed E-state index contributed by atoms with van der Waals surface area (Å²) in [6.07, 6.45) is 0. The van der Waals surface area contributed by atoms with Crippen molar-refractivity contribution in [2.75, 3.05) is 5.32 Å². The molecule has 1 aliphatic heterocycles. The zero-order valence-electron chi connectivity index (χ0n) is 10.6. The molecule has 1 aromatic heterocycles. The maximum atomic E-state index is 12.1. The summed E-state index contributed by atoms with van der Waals surface area (Å²) in [5.41, 5.74) is 0.0119. The number of aromatic amines is 1. The molecule has 0 unspecified atom stereocenters. The van der Waals surface area contributed by atoms with Crippen LogP contribution in [0, 0.1) is 0 Å². The van der Waals surface area contributed by atoms with E-state index in [1.54, 1.807) is 0 Å². The molecule has 1 aliphatic rings. The van der Waals surface area contributed by atoms with E-state index in [0.29, 0.717) is 5.56 Å². The molecule has 3 N–H and O–H groups in total. The zero-order chi connectivity index (χ0) is 14.3. The van der Waals surface area contributed by atoms with E-state index in [0.717, 1.165) is 5.56 Å². The average molecular weight is 272 g/mol. The molecule has 7 nitrogen and oxygen atoms in total. The van der Waals surface area contributed by atoms with E-state index in [-0.39, 0.29) is 5.82 Å². The van der Waals surface area contributed by atoms with Crippen LogP contribution in [0.15, 0.2) is 39.9 Å². The maximum Gasteiger partial charge on any atom is 0.329 e. The number of nitrogens with one attached hydrogen (secondary N) is 3. The molecule has 0 radical (unpaired) electrons. The van der Waals surface area contributed by atoms with E-state index in [1.165, 1.54) is 11.6 Å². The Morgan fingerprint density at radius 2 is 1.80 bits per heavy atom. The van der Waals surface area contributed by atoms with Crippen molar-refractivity contribution < 1.29 is 4.79 Å². The van der Waals surface area contributed by atoms with E-state index < -0.39 is 23.3 Å². The minimum absolute atomic E-state index is 0.219. The number of rotatable bonds is 1. The summed E-state index contributed by atoms with van der Waals surface area (Å²) in [5.74, 6) is 0.219. The van der Waals surface area contributed by atoms with Gasteiger partial charge < -0.3 is 5.32 Å². The number of hydrogen-bond acceptors (Lipinski definition) is 3. The molecule has 0 saturated carbocycles. The number of hydrogen-bond donors (Lipinski definition) is 3. The first-order chi connectivity index (χ1) is 9.58. The van der Waals surface area contributed by atoms with Gasteiger partial charge in [-0.1, -0.05) is 30.3 Å². The highest BCUT2D eigenvalue weighted by Gasteiger charge is 2.30. The fraction of sp³-hybridized carbons (Fsp3) is 0.154. The number of fused-ring (bicyclic) bond motifs is 1. The van der Waals surface area contributed by atoms with Crippen LogP contribution in [0.5, 0.6) is 0 Å². The van der Waals surface area contributed by atoms with Crippen LogP contribution in [0.4, 0.5) is 10.6 Å². The Hall–Kier alpha value is -2.83. The van der Waals surface area contributed by atoms with E-state index in [4.69, 9.17) is 0 Å². The van der Waals surface area contributed by atoms with Crippen LogP contribution < -0.4 is 21.9 Å². The van der Waals surface area contributed by atoms with Crippen LogP contribution in [0.25, 0.3) is 0 Å². The van der Waals surface area contributed by atoms with E-state index >= 15 is 0 Å². The minimum atomic E-state index is -0.588. The van der Waals surface area contributed by atoms with Gasteiger partial charge in [-0.3, -0.25) is 19.7 Å². The van der Waals surface area contributed by atoms with E-state index in [9.17, 15) is 14.4 Å². The first-order valence-electron chi connectivity index (χ1n) is 6.03. The molecule has 0 aliphatic carbocycles. The SMILES string of the molecule is Cn1c2c(c(=O)[nH]c1=O)[C@@H](c1ccccc1)NC(=O)N2. The number of urea groups is 1. The molecule has 102 valence electrons. The van der Waals surface area contributed by atoms with Crippen molar-refractivity contribution in [3.8, 4) is 0 Å². The molecule has 20 heavy (non-hydrogen) atoms. The van der Waals surface area contributed by atoms with Gasteiger partial charge in [0.1, 0.15) is 5.82 Å². The van der Waals surface area contributed by atoms with Crippen LogP contribution in [0.3, 0.4) is 0 Å². The van der Waals surface area contributed by atoms with Crippen molar-refractivity contribution >= 4 is 11.8 Å². The van der Waals surface area contributed by atoms with Gasteiger partial charge in [-0.05, 0) is 5.56 Å². The maximum absolute atomic E-state index is 12.1. The Labute approximate surface area is 113 Å². The average Bonchev–Trinajstić information content (AvgIpc) is 2.45. The van der Waals surface area contributed by atoms with Crippen molar-refractivity contribution in [1.82, 2.24) is 14.9 Å². The number of aromatic nitrogens is 2. The van der Waals surface area contributed by atoms with Gasteiger partial charge in [0.25, 0.3) is 5.56 Å². The molecular weight excluding hydrogens is 260 g/mol. The van der Waals surface area contributed by atoms with Crippen molar-refractivity contribution in [3.63, 3.8) is 0 Å². The number of carbonyl (C=O) groups excluding carboxylic acids is 1. The second-order valence-electron chi connectivity index (χ2n) is 4.52. The Balaban J connectivity index is 2.28. The van der Waals surface area contributed by atoms with E-state index in [1.807, 2.05) is 30.3 Å². The highest BCUT2D eigenvalue weighted by atomic mass is 16.2. The van der Waals surface area contributed by atoms with Gasteiger partial charge in [-0.25, -0.2) is 9.59 Å². The third-order valence-electron chi connectivity index (χ3n) is 3.29. The molecule has 1 atom stereocenters. The fourth-order valence-electron chi connectivity index (χ4n) is 2.30. The normalized spacial score (nSPS) is 17.1. The predicted molar refractivity (Wildman–Crippen MR) is 72.7 cm³/mol. The third kappa shape index (κ3) is 1.80. The van der Waals surface area contributed by atoms with Gasteiger partial charge in [-0.2, -0.15) is 0 Å². The summed E-state index contributed by atoms with van der Waals surface area (Å²) in [5, 5.41) is 5.19. The molecule has 3 rings (SSSR count). The van der Waals surface area contributed by atoms with Gasteiger partial charge in [0.2, 0.25) is 0 Å². The number of benzene rings is 1. The van der Waals surface area contributed by atoms with Crippen molar-refractivity contribution in [1.29, 1.82) is 0 Å². The number of anilines is 1. The number of nitrogens with zero attached hydrogens (tertiary/aromatic N) is 1. The third-order valence-corrected chi connectivity index (χ3v) is 3.29. The topological polar surface area (TPSA) is 96.0 Å². The lowest BCUT2D eigenvalue weighted by atomic mass is 9.99. The Kier molecular flexibility index (Phi) is 2.67. The Bertz CT molecular complexity index is 791. The van der Waals surface area contributed by atoms with Gasteiger partial charge in [0.05, 0.1) is 11.6 Å². The molecule has 7 heteroatoms. The lowest BCUT2D eigenvalue weighted by Crippen LogP contribution is -2.46. The summed E-state index contributed by atoms with van der Waals surface area (Å²) in [7, 11) is 1.49. The molecule has 2 heterocycles. The molecule has 0 fully saturated rings. The largest absolute Gasteiger partial charge is 0.329 e. The lowest BCUT2D eigenvalue weighted by Gasteiger charge is -2.27. The monoisotopic (exact) mass is 272 g/mol. The predicted octanol–water partition coefficient (Wildman–Crippen LogP) is 0.298.